The summed E-state index contributed by atoms with van der Waals surface area (Å²) in [6.07, 6.45) is 2.35. The Bertz CT molecular complexity index is 1510. The monoisotopic (exact) mass is 498 g/mol. The maximum absolute atomic E-state index is 11.8. The second-order valence-corrected chi connectivity index (χ2v) is 8.78. The molecule has 0 saturated heterocycles. The van der Waals surface area contributed by atoms with Crippen molar-refractivity contribution in [3.8, 4) is 22.3 Å². The van der Waals surface area contributed by atoms with Crippen molar-refractivity contribution in [3.05, 3.63) is 133 Å². The molecule has 0 fully saturated rings. The van der Waals surface area contributed by atoms with Gasteiger partial charge in [0.15, 0.2) is 0 Å². The molecule has 0 N–H and O–H groups in total. The van der Waals surface area contributed by atoms with Crippen molar-refractivity contribution in [2.45, 2.75) is 13.2 Å². The van der Waals surface area contributed by atoms with Gasteiger partial charge in [-0.25, -0.2) is 9.59 Å². The van der Waals surface area contributed by atoms with Crippen LogP contribution < -0.4 is 0 Å². The van der Waals surface area contributed by atoms with Crippen molar-refractivity contribution in [3.63, 3.8) is 0 Å². The molecule has 0 unspecified atom stereocenters. The summed E-state index contributed by atoms with van der Waals surface area (Å²) in [5, 5.41) is 4.28. The van der Waals surface area contributed by atoms with Crippen molar-refractivity contribution in [2.24, 2.45) is 0 Å². The second kappa shape index (κ2) is 11.0. The SMILES string of the molecule is C=CC(=O)OCc1ccccc1-c1c2ccccc2c(-c2ccccc2COC(=O)C=C)c2ccccc12. The number of carbonyl (C=O) groups is 2. The summed E-state index contributed by atoms with van der Waals surface area (Å²) >= 11 is 0. The van der Waals surface area contributed by atoms with E-state index < -0.39 is 11.9 Å². The van der Waals surface area contributed by atoms with E-state index in [-0.39, 0.29) is 13.2 Å². The largest absolute Gasteiger partial charge is 0.458 e. The molecule has 4 heteroatoms. The van der Waals surface area contributed by atoms with Crippen molar-refractivity contribution in [1.82, 2.24) is 0 Å². The number of ether oxygens (including phenoxy) is 2. The second-order valence-electron chi connectivity index (χ2n) is 8.78. The zero-order chi connectivity index (χ0) is 26.5. The van der Waals surface area contributed by atoms with Gasteiger partial charge in [0, 0.05) is 12.2 Å². The highest BCUT2D eigenvalue weighted by Gasteiger charge is 2.20. The molecular formula is C34H26O4. The lowest BCUT2D eigenvalue weighted by molar-refractivity contribution is -0.139. The number of esters is 2. The third-order valence-corrected chi connectivity index (χ3v) is 6.58. The van der Waals surface area contributed by atoms with Crippen LogP contribution in [-0.4, -0.2) is 11.9 Å². The van der Waals surface area contributed by atoms with Gasteiger partial charge < -0.3 is 9.47 Å². The lowest BCUT2D eigenvalue weighted by Gasteiger charge is -2.20. The lowest BCUT2D eigenvalue weighted by Crippen LogP contribution is -2.03. The van der Waals surface area contributed by atoms with E-state index in [1.165, 1.54) is 12.2 Å². The van der Waals surface area contributed by atoms with Gasteiger partial charge in [0.25, 0.3) is 0 Å². The van der Waals surface area contributed by atoms with Crippen LogP contribution in [-0.2, 0) is 32.3 Å². The third-order valence-electron chi connectivity index (χ3n) is 6.58. The average molecular weight is 499 g/mol. The van der Waals surface area contributed by atoms with Crippen LogP contribution in [0.4, 0.5) is 0 Å². The Labute approximate surface area is 221 Å². The molecule has 0 aromatic heterocycles. The van der Waals surface area contributed by atoms with E-state index in [0.29, 0.717) is 0 Å². The van der Waals surface area contributed by atoms with Crippen molar-refractivity contribution >= 4 is 33.5 Å². The molecule has 0 aliphatic heterocycles. The normalized spacial score (nSPS) is 10.7. The molecular weight excluding hydrogens is 472 g/mol. The molecule has 0 heterocycles. The number of carbonyl (C=O) groups excluding carboxylic acids is 2. The van der Waals surface area contributed by atoms with Crippen LogP contribution in [0.1, 0.15) is 11.1 Å². The van der Waals surface area contributed by atoms with Gasteiger partial charge >= 0.3 is 11.9 Å². The van der Waals surface area contributed by atoms with Crippen molar-refractivity contribution < 1.29 is 19.1 Å². The van der Waals surface area contributed by atoms with Crippen LogP contribution >= 0.6 is 0 Å². The molecule has 0 amide bonds. The fourth-order valence-corrected chi connectivity index (χ4v) is 4.90. The summed E-state index contributed by atoms with van der Waals surface area (Å²) in [6, 6.07) is 32.6. The minimum absolute atomic E-state index is 0.142. The fraction of sp³-hybridized carbons (Fsp3) is 0.0588. The minimum Gasteiger partial charge on any atom is -0.458 e. The first-order valence-corrected chi connectivity index (χ1v) is 12.3. The van der Waals surface area contributed by atoms with Crippen LogP contribution in [0, 0.1) is 0 Å². The van der Waals surface area contributed by atoms with Gasteiger partial charge in [-0.3, -0.25) is 0 Å². The highest BCUT2D eigenvalue weighted by Crippen LogP contribution is 2.45. The van der Waals surface area contributed by atoms with Gasteiger partial charge in [-0.15, -0.1) is 0 Å². The smallest absolute Gasteiger partial charge is 0.330 e. The Morgan fingerprint density at radius 1 is 0.526 bits per heavy atom. The Hall–Kier alpha value is -4.96. The molecule has 0 spiro atoms. The number of hydrogen-bond donors (Lipinski definition) is 0. The summed E-state index contributed by atoms with van der Waals surface area (Å²) in [4.78, 5) is 23.7. The van der Waals surface area contributed by atoms with Crippen LogP contribution in [0.5, 0.6) is 0 Å². The van der Waals surface area contributed by atoms with E-state index in [9.17, 15) is 9.59 Å². The van der Waals surface area contributed by atoms with Crippen LogP contribution in [0.2, 0.25) is 0 Å². The van der Waals surface area contributed by atoms with E-state index in [0.717, 1.165) is 54.9 Å². The van der Waals surface area contributed by atoms with Crippen molar-refractivity contribution in [2.75, 3.05) is 0 Å². The molecule has 4 nitrogen and oxygen atoms in total. The van der Waals surface area contributed by atoms with Gasteiger partial charge in [0.2, 0.25) is 0 Å². The van der Waals surface area contributed by atoms with E-state index in [1.807, 2.05) is 60.7 Å². The first-order valence-electron chi connectivity index (χ1n) is 12.3. The van der Waals surface area contributed by atoms with Crippen LogP contribution in [0.15, 0.2) is 122 Å². The minimum atomic E-state index is -0.460. The summed E-state index contributed by atoms with van der Waals surface area (Å²) < 4.78 is 10.8. The third kappa shape index (κ3) is 4.72. The quantitative estimate of drug-likeness (QED) is 0.124. The molecule has 0 bridgehead atoms. The number of benzene rings is 5. The molecule has 5 aromatic carbocycles. The zero-order valence-corrected chi connectivity index (χ0v) is 20.9. The Balaban J connectivity index is 1.79. The first-order chi connectivity index (χ1) is 18.6. The van der Waals surface area contributed by atoms with E-state index in [4.69, 9.17) is 9.47 Å². The maximum atomic E-state index is 11.8. The molecule has 38 heavy (non-hydrogen) atoms. The topological polar surface area (TPSA) is 52.6 Å². The van der Waals surface area contributed by atoms with E-state index in [1.54, 1.807) is 0 Å². The predicted molar refractivity (Wildman–Crippen MR) is 152 cm³/mol. The van der Waals surface area contributed by atoms with E-state index in [2.05, 4.69) is 49.6 Å². The fourth-order valence-electron chi connectivity index (χ4n) is 4.90. The van der Waals surface area contributed by atoms with E-state index >= 15 is 0 Å². The molecule has 5 aromatic rings. The molecule has 5 rings (SSSR count). The molecule has 186 valence electrons. The Kier molecular flexibility index (Phi) is 7.14. The molecule has 0 saturated carbocycles. The number of hydrogen-bond acceptors (Lipinski definition) is 4. The number of rotatable bonds is 8. The van der Waals surface area contributed by atoms with Gasteiger partial charge in [-0.1, -0.05) is 110 Å². The predicted octanol–water partition coefficient (Wildman–Crippen LogP) is 7.79. The van der Waals surface area contributed by atoms with Gasteiger partial charge in [0.05, 0.1) is 0 Å². The Morgan fingerprint density at radius 3 is 1.18 bits per heavy atom. The zero-order valence-electron chi connectivity index (χ0n) is 20.9. The van der Waals surface area contributed by atoms with Crippen LogP contribution in [0.25, 0.3) is 43.8 Å². The summed E-state index contributed by atoms with van der Waals surface area (Å²) in [6.45, 7) is 7.29. The van der Waals surface area contributed by atoms with Gasteiger partial charge in [-0.2, -0.15) is 0 Å². The molecule has 0 radical (unpaired) electrons. The van der Waals surface area contributed by atoms with Gasteiger partial charge in [0.1, 0.15) is 13.2 Å². The Morgan fingerprint density at radius 2 is 0.842 bits per heavy atom. The number of fused-ring (bicyclic) bond motifs is 2. The highest BCUT2D eigenvalue weighted by atomic mass is 16.5. The summed E-state index contributed by atoms with van der Waals surface area (Å²) in [7, 11) is 0. The molecule has 0 atom stereocenters. The van der Waals surface area contributed by atoms with Crippen molar-refractivity contribution in [1.29, 1.82) is 0 Å². The standard InChI is InChI=1S/C34H26O4/c1-3-31(35)37-21-23-13-5-7-15-25(23)33-27-17-9-11-19-29(27)34(30-20-12-10-18-28(30)33)26-16-8-6-14-24(26)22-38-32(36)4-2/h3-20H,1-2,21-22H2. The first kappa shape index (κ1) is 24.7. The molecule has 0 aliphatic carbocycles. The average Bonchev–Trinajstić information content (AvgIpc) is 2.97. The molecule has 0 aliphatic rings. The summed E-state index contributed by atoms with van der Waals surface area (Å²) in [5.41, 5.74) is 5.94. The van der Waals surface area contributed by atoms with Gasteiger partial charge in [-0.05, 0) is 54.9 Å². The lowest BCUT2D eigenvalue weighted by atomic mass is 9.84. The maximum Gasteiger partial charge on any atom is 0.330 e. The summed E-state index contributed by atoms with van der Waals surface area (Å²) in [5.74, 6) is -0.919. The van der Waals surface area contributed by atoms with Crippen LogP contribution in [0.3, 0.4) is 0 Å². The highest BCUT2D eigenvalue weighted by molar-refractivity contribution is 6.21.